The Morgan fingerprint density at radius 1 is 1.02 bits per heavy atom. The van der Waals surface area contributed by atoms with E-state index in [1.165, 1.54) is 30.7 Å². The van der Waals surface area contributed by atoms with Gasteiger partial charge in [0, 0.05) is 9.35 Å². The lowest BCUT2D eigenvalue weighted by Gasteiger charge is -2.12. The Balaban J connectivity index is 1.39. The molecule has 1 aliphatic rings. The second kappa shape index (κ2) is 13.4. The SMILES string of the molecule is CCOC(=O)c1c(NC(=O)C(=O)N/N=C/c2ccc(OC(=O)c3cccc(Br)c3)c(OC)c2)sc2c1CCCC2. The predicted molar refractivity (Wildman–Crippen MR) is 153 cm³/mol. The van der Waals surface area contributed by atoms with E-state index in [4.69, 9.17) is 14.2 Å². The Bertz CT molecular complexity index is 1480. The van der Waals surface area contributed by atoms with Crippen LogP contribution in [0.1, 0.15) is 56.5 Å². The van der Waals surface area contributed by atoms with E-state index in [1.807, 2.05) is 0 Å². The number of hydrogen-bond acceptors (Lipinski definition) is 9. The highest BCUT2D eigenvalue weighted by molar-refractivity contribution is 9.10. The highest BCUT2D eigenvalue weighted by Gasteiger charge is 2.28. The number of halogens is 1. The number of carbonyl (C=O) groups is 4. The first-order chi connectivity index (χ1) is 19.3. The molecule has 2 amide bonds. The number of nitrogens with one attached hydrogen (secondary N) is 2. The number of hydrazone groups is 1. The number of methoxy groups -OCH3 is 1. The Labute approximate surface area is 242 Å². The molecular weight excluding hydrogens is 602 g/mol. The van der Waals surface area contributed by atoms with Gasteiger partial charge in [-0.1, -0.05) is 22.0 Å². The molecule has 0 radical (unpaired) electrons. The average molecular weight is 629 g/mol. The van der Waals surface area contributed by atoms with E-state index in [0.717, 1.165) is 40.6 Å². The summed E-state index contributed by atoms with van der Waals surface area (Å²) in [7, 11) is 1.42. The molecule has 0 spiro atoms. The molecule has 0 saturated carbocycles. The zero-order valence-electron chi connectivity index (χ0n) is 21.7. The number of nitrogens with zero attached hydrogens (tertiary/aromatic N) is 1. The summed E-state index contributed by atoms with van der Waals surface area (Å²) in [5.74, 6) is -2.58. The van der Waals surface area contributed by atoms with Crippen molar-refractivity contribution in [2.24, 2.45) is 5.10 Å². The molecule has 1 aliphatic carbocycles. The maximum absolute atomic E-state index is 12.6. The van der Waals surface area contributed by atoms with E-state index in [-0.39, 0.29) is 18.1 Å². The first kappa shape index (κ1) is 29.0. The summed E-state index contributed by atoms with van der Waals surface area (Å²) in [6.45, 7) is 1.91. The third-order valence-electron chi connectivity index (χ3n) is 5.91. The van der Waals surface area contributed by atoms with Gasteiger partial charge in [-0.25, -0.2) is 15.0 Å². The lowest BCUT2D eigenvalue weighted by molar-refractivity contribution is -0.136. The van der Waals surface area contributed by atoms with Crippen molar-refractivity contribution in [1.29, 1.82) is 0 Å². The van der Waals surface area contributed by atoms with Gasteiger partial charge in [-0.15, -0.1) is 11.3 Å². The maximum atomic E-state index is 12.6. The standard InChI is InChI=1S/C28H26BrN3O7S/c1-3-38-28(36)23-19-9-4-5-10-22(19)40-26(23)31-24(33)25(34)32-30-15-16-11-12-20(21(13-16)37-2)39-27(35)17-7-6-8-18(29)14-17/h6-8,11-15H,3-5,9-10H2,1-2H3,(H,31,33)(H,32,34)/b30-15+. The van der Waals surface area contributed by atoms with Crippen LogP contribution >= 0.6 is 27.3 Å². The van der Waals surface area contributed by atoms with Gasteiger partial charge in [0.25, 0.3) is 0 Å². The van der Waals surface area contributed by atoms with Gasteiger partial charge >= 0.3 is 23.8 Å². The topological polar surface area (TPSA) is 132 Å². The summed E-state index contributed by atoms with van der Waals surface area (Å²) >= 11 is 4.61. The molecule has 0 fully saturated rings. The number of thiophene rings is 1. The van der Waals surface area contributed by atoms with Crippen LogP contribution in [0.4, 0.5) is 5.00 Å². The molecule has 0 unspecified atom stereocenters. The first-order valence-corrected chi connectivity index (χ1v) is 14.0. The number of benzene rings is 2. The third-order valence-corrected chi connectivity index (χ3v) is 7.62. The van der Waals surface area contributed by atoms with Crippen LogP contribution in [-0.2, 0) is 27.2 Å². The summed E-state index contributed by atoms with van der Waals surface area (Å²) < 4.78 is 16.7. The summed E-state index contributed by atoms with van der Waals surface area (Å²) in [5.41, 5.74) is 4.24. The minimum absolute atomic E-state index is 0.198. The number of anilines is 1. The van der Waals surface area contributed by atoms with Crippen molar-refractivity contribution in [3.8, 4) is 11.5 Å². The molecule has 40 heavy (non-hydrogen) atoms. The molecular formula is C28H26BrN3O7S. The number of fused-ring (bicyclic) bond motifs is 1. The summed E-state index contributed by atoms with van der Waals surface area (Å²) in [4.78, 5) is 51.0. The van der Waals surface area contributed by atoms with Gasteiger partial charge < -0.3 is 19.5 Å². The second-order valence-electron chi connectivity index (χ2n) is 8.60. The van der Waals surface area contributed by atoms with Crippen LogP contribution in [-0.4, -0.2) is 43.7 Å². The van der Waals surface area contributed by atoms with Crippen molar-refractivity contribution in [1.82, 2.24) is 5.43 Å². The van der Waals surface area contributed by atoms with Crippen LogP contribution < -0.4 is 20.2 Å². The number of aryl methyl sites for hydroxylation is 1. The smallest absolute Gasteiger partial charge is 0.343 e. The molecule has 0 aliphatic heterocycles. The molecule has 3 aromatic rings. The molecule has 0 saturated heterocycles. The minimum Gasteiger partial charge on any atom is -0.493 e. The van der Waals surface area contributed by atoms with Crippen LogP contribution in [0, 0.1) is 0 Å². The molecule has 208 valence electrons. The van der Waals surface area contributed by atoms with Gasteiger partial charge in [-0.3, -0.25) is 9.59 Å². The number of amides is 2. The lowest BCUT2D eigenvalue weighted by atomic mass is 9.95. The van der Waals surface area contributed by atoms with Gasteiger partial charge in [0.1, 0.15) is 5.00 Å². The zero-order chi connectivity index (χ0) is 28.6. The predicted octanol–water partition coefficient (Wildman–Crippen LogP) is 4.88. The third kappa shape index (κ3) is 6.93. The van der Waals surface area contributed by atoms with Crippen molar-refractivity contribution >= 4 is 62.2 Å². The van der Waals surface area contributed by atoms with Gasteiger partial charge in [-0.2, -0.15) is 5.10 Å². The van der Waals surface area contributed by atoms with Crippen molar-refractivity contribution in [3.05, 3.63) is 74.1 Å². The molecule has 2 N–H and O–H groups in total. The Morgan fingerprint density at radius 3 is 2.58 bits per heavy atom. The summed E-state index contributed by atoms with van der Waals surface area (Å²) in [5, 5.41) is 6.67. The van der Waals surface area contributed by atoms with Gasteiger partial charge in [0.05, 0.1) is 31.1 Å². The van der Waals surface area contributed by atoms with Crippen molar-refractivity contribution in [2.75, 3.05) is 19.0 Å². The number of carbonyl (C=O) groups excluding carboxylic acids is 4. The van der Waals surface area contributed by atoms with Gasteiger partial charge in [0.15, 0.2) is 11.5 Å². The normalized spacial score (nSPS) is 12.4. The van der Waals surface area contributed by atoms with E-state index >= 15 is 0 Å². The fraction of sp³-hybridized carbons (Fsp3) is 0.250. The molecule has 10 nitrogen and oxygen atoms in total. The molecule has 2 aromatic carbocycles. The molecule has 1 heterocycles. The number of rotatable bonds is 8. The fourth-order valence-corrected chi connectivity index (χ4v) is 5.74. The number of ether oxygens (including phenoxy) is 3. The molecule has 12 heteroatoms. The Kier molecular flexibility index (Phi) is 9.67. The van der Waals surface area contributed by atoms with Gasteiger partial charge in [-0.05, 0) is 80.1 Å². The van der Waals surface area contributed by atoms with Crippen LogP contribution in [0.5, 0.6) is 11.5 Å². The maximum Gasteiger partial charge on any atom is 0.343 e. The van der Waals surface area contributed by atoms with Crippen molar-refractivity contribution in [3.63, 3.8) is 0 Å². The number of hydrogen-bond donors (Lipinski definition) is 2. The summed E-state index contributed by atoms with van der Waals surface area (Å²) in [6.07, 6.45) is 4.78. The first-order valence-electron chi connectivity index (χ1n) is 12.4. The highest BCUT2D eigenvalue weighted by atomic mass is 79.9. The lowest BCUT2D eigenvalue weighted by Crippen LogP contribution is -2.32. The zero-order valence-corrected chi connectivity index (χ0v) is 24.1. The fourth-order valence-electron chi connectivity index (χ4n) is 4.07. The van der Waals surface area contributed by atoms with Crippen LogP contribution in [0.15, 0.2) is 52.0 Å². The molecule has 1 aromatic heterocycles. The van der Waals surface area contributed by atoms with Gasteiger partial charge in [0.2, 0.25) is 0 Å². The largest absolute Gasteiger partial charge is 0.493 e. The molecule has 4 rings (SSSR count). The quantitative estimate of drug-likeness (QED) is 0.120. The van der Waals surface area contributed by atoms with E-state index in [9.17, 15) is 19.2 Å². The Hall–Kier alpha value is -4.03. The minimum atomic E-state index is -1.01. The van der Waals surface area contributed by atoms with Crippen LogP contribution in [0.25, 0.3) is 0 Å². The second-order valence-corrected chi connectivity index (χ2v) is 10.6. The molecule has 0 bridgehead atoms. The molecule has 0 atom stereocenters. The van der Waals surface area contributed by atoms with E-state index < -0.39 is 23.8 Å². The summed E-state index contributed by atoms with van der Waals surface area (Å²) in [6, 6.07) is 11.5. The highest BCUT2D eigenvalue weighted by Crippen LogP contribution is 2.38. The Morgan fingerprint density at radius 2 is 1.82 bits per heavy atom. The van der Waals surface area contributed by atoms with Crippen molar-refractivity contribution in [2.45, 2.75) is 32.6 Å². The van der Waals surface area contributed by atoms with E-state index in [0.29, 0.717) is 21.7 Å². The van der Waals surface area contributed by atoms with Crippen molar-refractivity contribution < 1.29 is 33.4 Å². The van der Waals surface area contributed by atoms with Crippen LogP contribution in [0.3, 0.4) is 0 Å². The van der Waals surface area contributed by atoms with E-state index in [2.05, 4.69) is 31.8 Å². The number of esters is 2. The average Bonchev–Trinajstić information content (AvgIpc) is 3.31. The monoisotopic (exact) mass is 627 g/mol. The van der Waals surface area contributed by atoms with Crippen LogP contribution in [0.2, 0.25) is 0 Å². The van der Waals surface area contributed by atoms with E-state index in [1.54, 1.807) is 43.3 Å².